The van der Waals surface area contributed by atoms with Crippen LogP contribution in [0.4, 0.5) is 23.2 Å². The zero-order valence-electron chi connectivity index (χ0n) is 24.0. The summed E-state index contributed by atoms with van der Waals surface area (Å²) in [6.07, 6.45) is -3.89. The van der Waals surface area contributed by atoms with E-state index >= 15 is 0 Å². The van der Waals surface area contributed by atoms with Crippen LogP contribution in [0.5, 0.6) is 11.5 Å². The number of allylic oxidation sites excluding steroid dienone is 2. The molecule has 2 aliphatic heterocycles. The summed E-state index contributed by atoms with van der Waals surface area (Å²) in [7, 11) is 0. The van der Waals surface area contributed by atoms with E-state index in [4.69, 9.17) is 23.2 Å². The van der Waals surface area contributed by atoms with Gasteiger partial charge >= 0.3 is 6.36 Å². The predicted molar refractivity (Wildman–Crippen MR) is 153 cm³/mol. The minimum atomic E-state index is -5.11. The van der Waals surface area contributed by atoms with E-state index in [0.29, 0.717) is 4.90 Å². The number of imide groups is 2. The molecule has 3 fully saturated rings. The second-order valence-electron chi connectivity index (χ2n) is 12.7. The highest BCUT2D eigenvalue weighted by atomic mass is 35.5. The van der Waals surface area contributed by atoms with E-state index in [9.17, 15) is 41.8 Å². The van der Waals surface area contributed by atoms with E-state index in [0.717, 1.165) is 47.4 Å². The number of alkyl halides is 5. The lowest BCUT2D eigenvalue weighted by molar-refractivity contribution is -0.274. The second-order valence-corrected chi connectivity index (χ2v) is 13.9. The Morgan fingerprint density at radius 3 is 2.18 bits per heavy atom. The first-order valence-electron chi connectivity index (χ1n) is 14.0. The maximum absolute atomic E-state index is 14.3. The molecule has 2 heterocycles. The molecule has 0 unspecified atom stereocenters. The van der Waals surface area contributed by atoms with Crippen LogP contribution in [0.25, 0.3) is 0 Å². The highest BCUT2D eigenvalue weighted by molar-refractivity contribution is 6.58. The molecular formula is C31H26Cl2F4N2O6. The summed E-state index contributed by atoms with van der Waals surface area (Å²) in [5, 5.41) is 11.0. The summed E-state index contributed by atoms with van der Waals surface area (Å²) in [4.78, 5) is 53.0. The molecule has 45 heavy (non-hydrogen) atoms. The first kappa shape index (κ1) is 31.3. The van der Waals surface area contributed by atoms with Crippen molar-refractivity contribution in [2.24, 2.45) is 17.8 Å². The number of aromatic hydroxyl groups is 1. The van der Waals surface area contributed by atoms with Gasteiger partial charge in [-0.3, -0.25) is 24.1 Å². The second kappa shape index (κ2) is 9.93. The summed E-state index contributed by atoms with van der Waals surface area (Å²) in [5.74, 6) is -9.40. The number of carbonyl (C=O) groups excluding carboxylic acids is 4. The topological polar surface area (TPSA) is 104 Å². The molecule has 2 aliphatic carbocycles. The minimum Gasteiger partial charge on any atom is -0.508 e. The van der Waals surface area contributed by atoms with Crippen molar-refractivity contribution in [2.75, 3.05) is 4.90 Å². The number of nitrogens with zero attached hydrogens (tertiary/aromatic N) is 2. The van der Waals surface area contributed by atoms with Gasteiger partial charge in [0.15, 0.2) is 9.75 Å². The van der Waals surface area contributed by atoms with Gasteiger partial charge in [0.1, 0.15) is 17.3 Å². The highest BCUT2D eigenvalue weighted by Crippen LogP contribution is 2.66. The van der Waals surface area contributed by atoms with Crippen LogP contribution in [-0.2, 0) is 19.2 Å². The molecule has 0 aromatic heterocycles. The lowest BCUT2D eigenvalue weighted by Gasteiger charge is -2.50. The third kappa shape index (κ3) is 4.46. The number of hydrogen-bond acceptors (Lipinski definition) is 6. The Labute approximate surface area is 264 Å². The first-order chi connectivity index (χ1) is 20.8. The fourth-order valence-electron chi connectivity index (χ4n) is 7.37. The molecule has 6 atom stereocenters. The van der Waals surface area contributed by atoms with E-state index in [2.05, 4.69) is 4.74 Å². The number of phenols is 1. The molecule has 4 aliphatic rings. The molecule has 14 heteroatoms. The lowest BCUT2D eigenvalue weighted by Crippen LogP contribution is -2.60. The molecule has 1 saturated carbocycles. The number of benzene rings is 2. The molecule has 0 radical (unpaired) electrons. The van der Waals surface area contributed by atoms with Gasteiger partial charge in [0, 0.05) is 17.0 Å². The smallest absolute Gasteiger partial charge is 0.508 e. The molecule has 2 saturated heterocycles. The van der Waals surface area contributed by atoms with Crippen LogP contribution in [-0.4, -0.2) is 55.3 Å². The molecule has 6 rings (SSSR count). The molecule has 238 valence electrons. The van der Waals surface area contributed by atoms with Gasteiger partial charge in [0.05, 0.1) is 17.5 Å². The van der Waals surface area contributed by atoms with E-state index in [1.165, 1.54) is 0 Å². The Morgan fingerprint density at radius 1 is 0.933 bits per heavy atom. The van der Waals surface area contributed by atoms with E-state index in [-0.39, 0.29) is 29.7 Å². The highest BCUT2D eigenvalue weighted by Gasteiger charge is 2.77. The SMILES string of the molecule is CC(C)(C)N1C(=O)[C@H]2[C@H](CC=C3[C@H]2C[C@@]2(Cl)C(=O)N(c4ccc(F)cc4)C(=O)[C@@]2(Cl)[C@H]3c2cc(OC(F)(F)F)ccc2O)C1=O. The third-order valence-corrected chi connectivity index (χ3v) is 10.5. The largest absolute Gasteiger partial charge is 0.573 e. The molecule has 8 nitrogen and oxygen atoms in total. The average molecular weight is 669 g/mol. The Hall–Kier alpha value is -3.64. The van der Waals surface area contributed by atoms with Crippen molar-refractivity contribution in [3.8, 4) is 11.5 Å². The van der Waals surface area contributed by atoms with Gasteiger partial charge < -0.3 is 9.84 Å². The zero-order valence-corrected chi connectivity index (χ0v) is 25.5. The lowest BCUT2D eigenvalue weighted by atomic mass is 9.56. The van der Waals surface area contributed by atoms with Crippen molar-refractivity contribution in [1.29, 1.82) is 0 Å². The van der Waals surface area contributed by atoms with Gasteiger partial charge in [-0.05, 0) is 82.0 Å². The van der Waals surface area contributed by atoms with E-state index in [1.807, 2.05) is 0 Å². The van der Waals surface area contributed by atoms with Gasteiger partial charge in [-0.25, -0.2) is 9.29 Å². The van der Waals surface area contributed by atoms with Crippen molar-refractivity contribution in [3.05, 3.63) is 65.5 Å². The van der Waals surface area contributed by atoms with Crippen molar-refractivity contribution in [2.45, 2.75) is 61.2 Å². The number of ether oxygens (including phenoxy) is 1. The van der Waals surface area contributed by atoms with Gasteiger partial charge in [0.25, 0.3) is 11.8 Å². The van der Waals surface area contributed by atoms with Crippen LogP contribution in [0.1, 0.15) is 45.1 Å². The normalized spacial score (nSPS) is 31.5. The maximum atomic E-state index is 14.3. The maximum Gasteiger partial charge on any atom is 0.573 e. The van der Waals surface area contributed by atoms with E-state index < -0.39 is 86.3 Å². The predicted octanol–water partition coefficient (Wildman–Crippen LogP) is 5.79. The fourth-order valence-corrected chi connectivity index (χ4v) is 8.29. The molecule has 2 aromatic carbocycles. The number of amides is 4. The Kier molecular flexibility index (Phi) is 6.92. The quantitative estimate of drug-likeness (QED) is 0.192. The average Bonchev–Trinajstić information content (AvgIpc) is 3.28. The van der Waals surface area contributed by atoms with E-state index in [1.54, 1.807) is 26.8 Å². The van der Waals surface area contributed by atoms with Gasteiger partial charge in [-0.15, -0.1) is 36.4 Å². The summed E-state index contributed by atoms with van der Waals surface area (Å²) < 4.78 is 57.5. The number of hydrogen-bond donors (Lipinski definition) is 1. The van der Waals surface area contributed by atoms with Gasteiger partial charge in [0.2, 0.25) is 11.8 Å². The van der Waals surface area contributed by atoms with Crippen LogP contribution in [0.3, 0.4) is 0 Å². The Bertz CT molecular complexity index is 1690. The Morgan fingerprint density at radius 2 is 1.58 bits per heavy atom. The number of likely N-dealkylation sites (tertiary alicyclic amines) is 1. The van der Waals surface area contributed by atoms with Crippen molar-refractivity contribution in [1.82, 2.24) is 4.90 Å². The number of halogens is 6. The van der Waals surface area contributed by atoms with Crippen LogP contribution < -0.4 is 9.64 Å². The van der Waals surface area contributed by atoms with Crippen molar-refractivity contribution >= 4 is 52.5 Å². The van der Waals surface area contributed by atoms with Crippen LogP contribution in [0.15, 0.2) is 54.1 Å². The zero-order chi connectivity index (χ0) is 33.0. The van der Waals surface area contributed by atoms with Crippen molar-refractivity contribution < 1.29 is 46.6 Å². The molecule has 2 aromatic rings. The minimum absolute atomic E-state index is 0.0235. The number of rotatable bonds is 3. The number of phenolic OH excluding ortho intramolecular Hbond substituents is 1. The number of fused-ring (bicyclic) bond motifs is 4. The van der Waals surface area contributed by atoms with Crippen molar-refractivity contribution in [3.63, 3.8) is 0 Å². The molecule has 0 spiro atoms. The summed E-state index contributed by atoms with van der Waals surface area (Å²) >= 11 is 14.4. The van der Waals surface area contributed by atoms with Crippen LogP contribution in [0, 0.1) is 23.6 Å². The van der Waals surface area contributed by atoms with Crippen LogP contribution in [0.2, 0.25) is 0 Å². The third-order valence-electron chi connectivity index (χ3n) is 9.11. The van der Waals surface area contributed by atoms with Gasteiger partial charge in [-0.1, -0.05) is 11.6 Å². The summed E-state index contributed by atoms with van der Waals surface area (Å²) in [6.45, 7) is 5.07. The Balaban J connectivity index is 1.58. The summed E-state index contributed by atoms with van der Waals surface area (Å²) in [5.41, 5.74) is -1.01. The molecular weight excluding hydrogens is 643 g/mol. The number of anilines is 1. The number of carbonyl (C=O) groups is 4. The van der Waals surface area contributed by atoms with Crippen LogP contribution >= 0.6 is 23.2 Å². The molecule has 4 amide bonds. The fraction of sp³-hybridized carbons (Fsp3) is 0.419. The van der Waals surface area contributed by atoms with Gasteiger partial charge in [-0.2, -0.15) is 0 Å². The summed E-state index contributed by atoms with van der Waals surface area (Å²) in [6, 6.07) is 6.99. The monoisotopic (exact) mass is 668 g/mol. The molecule has 0 bridgehead atoms. The molecule has 1 N–H and O–H groups in total. The standard InChI is InChI=1S/C31H26Cl2F4N2O6/c1-28(2,3)39-24(41)18-10-9-17-20(22(18)25(39)42)13-29(32)26(43)38(15-6-4-14(34)5-7-15)27(44)30(29,33)23(17)19-12-16(8-11-21(19)40)45-31(35,36)37/h4-9,11-12,18,20,22-23,40H,10,13H2,1-3H3/t18-,20+,22-,23+,29+,30-/m0/s1. The first-order valence-corrected chi connectivity index (χ1v) is 14.8.